The molecule has 0 spiro atoms. The number of H-pyrrole nitrogens is 1. The third kappa shape index (κ3) is 4.01. The highest BCUT2D eigenvalue weighted by Crippen LogP contribution is 2.18. The van der Waals surface area contributed by atoms with Crippen molar-refractivity contribution < 1.29 is 4.79 Å². The molecule has 2 heterocycles. The lowest BCUT2D eigenvalue weighted by Gasteiger charge is -2.07. The molecule has 0 atom stereocenters. The van der Waals surface area contributed by atoms with Gasteiger partial charge in [-0.05, 0) is 43.2 Å². The minimum atomic E-state index is -0.258. The summed E-state index contributed by atoms with van der Waals surface area (Å²) < 4.78 is 0. The second-order valence-corrected chi connectivity index (χ2v) is 6.62. The lowest BCUT2D eigenvalue weighted by molar-refractivity contribution is 0.102. The molecule has 0 saturated heterocycles. The zero-order valence-corrected chi connectivity index (χ0v) is 15.6. The Morgan fingerprint density at radius 3 is 2.75 bits per heavy atom. The number of nitrogens with zero attached hydrogens (tertiary/aromatic N) is 2. The van der Waals surface area contributed by atoms with E-state index in [1.165, 1.54) is 10.9 Å². The van der Waals surface area contributed by atoms with Gasteiger partial charge in [0, 0.05) is 35.5 Å². The van der Waals surface area contributed by atoms with Crippen LogP contribution in [0.1, 0.15) is 21.6 Å². The molecule has 0 fully saturated rings. The van der Waals surface area contributed by atoms with Gasteiger partial charge in [0.15, 0.2) is 0 Å². The first kappa shape index (κ1) is 17.7. The van der Waals surface area contributed by atoms with Crippen LogP contribution in [-0.4, -0.2) is 27.4 Å². The van der Waals surface area contributed by atoms with E-state index in [0.29, 0.717) is 18.2 Å². The van der Waals surface area contributed by atoms with Crippen molar-refractivity contribution in [1.29, 1.82) is 0 Å². The van der Waals surface area contributed by atoms with Gasteiger partial charge in [-0.25, -0.2) is 9.97 Å². The summed E-state index contributed by atoms with van der Waals surface area (Å²) >= 11 is 0. The Labute approximate surface area is 163 Å². The van der Waals surface area contributed by atoms with Crippen molar-refractivity contribution in [2.24, 2.45) is 0 Å². The highest BCUT2D eigenvalue weighted by molar-refractivity contribution is 6.02. The van der Waals surface area contributed by atoms with Gasteiger partial charge in [-0.2, -0.15) is 0 Å². The first-order valence-electron chi connectivity index (χ1n) is 9.19. The number of hydrogen-bond acceptors (Lipinski definition) is 4. The number of rotatable bonds is 6. The molecule has 0 aliphatic heterocycles. The summed E-state index contributed by atoms with van der Waals surface area (Å²) in [4.78, 5) is 24.2. The Hall–Kier alpha value is -3.67. The van der Waals surface area contributed by atoms with E-state index < -0.39 is 0 Å². The van der Waals surface area contributed by atoms with Crippen LogP contribution in [-0.2, 0) is 6.42 Å². The van der Waals surface area contributed by atoms with E-state index in [2.05, 4.69) is 37.7 Å². The first-order valence-corrected chi connectivity index (χ1v) is 9.19. The standard InChI is InChI=1S/C22H21N5O/c1-15-6-8-17(9-7-15)26-21(28)20-11-13-24-22(27-20)23-12-10-16-14-25-19-5-3-2-4-18(16)19/h2-9,11,13-14,25H,10,12H2,1H3,(H,26,28)(H,23,24,27). The van der Waals surface area contributed by atoms with Crippen LogP contribution in [0, 0.1) is 6.92 Å². The number of carbonyl (C=O) groups excluding carboxylic acids is 1. The van der Waals surface area contributed by atoms with Gasteiger partial charge in [-0.3, -0.25) is 4.79 Å². The summed E-state index contributed by atoms with van der Waals surface area (Å²) in [6.07, 6.45) is 4.44. The number of carbonyl (C=O) groups is 1. The Kier molecular flexibility index (Phi) is 5.01. The third-order valence-electron chi connectivity index (χ3n) is 4.55. The largest absolute Gasteiger partial charge is 0.361 e. The maximum absolute atomic E-state index is 12.4. The average molecular weight is 371 g/mol. The van der Waals surface area contributed by atoms with Crippen LogP contribution in [0.15, 0.2) is 67.0 Å². The zero-order chi connectivity index (χ0) is 19.3. The molecule has 1 amide bonds. The van der Waals surface area contributed by atoms with Crippen LogP contribution in [0.4, 0.5) is 11.6 Å². The van der Waals surface area contributed by atoms with Crippen LogP contribution in [0.3, 0.4) is 0 Å². The molecule has 28 heavy (non-hydrogen) atoms. The van der Waals surface area contributed by atoms with E-state index in [-0.39, 0.29) is 5.91 Å². The summed E-state index contributed by atoms with van der Waals surface area (Å²) in [5, 5.41) is 7.27. The molecular formula is C22H21N5O. The van der Waals surface area contributed by atoms with Gasteiger partial charge in [0.1, 0.15) is 5.69 Å². The van der Waals surface area contributed by atoms with Crippen molar-refractivity contribution in [3.8, 4) is 0 Å². The molecule has 6 heteroatoms. The molecule has 6 nitrogen and oxygen atoms in total. The van der Waals surface area contributed by atoms with E-state index in [1.54, 1.807) is 12.3 Å². The van der Waals surface area contributed by atoms with E-state index in [0.717, 1.165) is 23.2 Å². The maximum Gasteiger partial charge on any atom is 0.274 e. The highest BCUT2D eigenvalue weighted by atomic mass is 16.1. The number of aromatic nitrogens is 3. The number of para-hydroxylation sites is 1. The van der Waals surface area contributed by atoms with Gasteiger partial charge in [-0.15, -0.1) is 0 Å². The monoisotopic (exact) mass is 371 g/mol. The predicted octanol–water partition coefficient (Wildman–Crippen LogP) is 4.17. The van der Waals surface area contributed by atoms with Gasteiger partial charge in [0.05, 0.1) is 0 Å². The van der Waals surface area contributed by atoms with Gasteiger partial charge >= 0.3 is 0 Å². The number of aromatic amines is 1. The lowest BCUT2D eigenvalue weighted by atomic mass is 10.1. The third-order valence-corrected chi connectivity index (χ3v) is 4.55. The molecular weight excluding hydrogens is 350 g/mol. The van der Waals surface area contributed by atoms with Crippen molar-refractivity contribution in [2.45, 2.75) is 13.3 Å². The van der Waals surface area contributed by atoms with Gasteiger partial charge in [0.2, 0.25) is 5.95 Å². The van der Waals surface area contributed by atoms with Gasteiger partial charge < -0.3 is 15.6 Å². The minimum Gasteiger partial charge on any atom is -0.361 e. The van der Waals surface area contributed by atoms with Crippen LogP contribution >= 0.6 is 0 Å². The number of anilines is 2. The normalized spacial score (nSPS) is 10.8. The van der Waals surface area contributed by atoms with Crippen molar-refractivity contribution in [1.82, 2.24) is 15.0 Å². The fourth-order valence-corrected chi connectivity index (χ4v) is 3.05. The first-order chi connectivity index (χ1) is 13.7. The molecule has 3 N–H and O–H groups in total. The molecule has 0 bridgehead atoms. The Balaban J connectivity index is 1.38. The van der Waals surface area contributed by atoms with Crippen molar-refractivity contribution in [2.75, 3.05) is 17.2 Å². The maximum atomic E-state index is 12.4. The van der Waals surface area contributed by atoms with E-state index in [1.807, 2.05) is 49.5 Å². The van der Waals surface area contributed by atoms with Gasteiger partial charge in [-0.1, -0.05) is 35.9 Å². The highest BCUT2D eigenvalue weighted by Gasteiger charge is 2.09. The molecule has 2 aromatic heterocycles. The molecule has 2 aromatic carbocycles. The Bertz CT molecular complexity index is 1100. The summed E-state index contributed by atoms with van der Waals surface area (Å²) in [7, 11) is 0. The second-order valence-electron chi connectivity index (χ2n) is 6.62. The number of fused-ring (bicyclic) bond motifs is 1. The number of benzene rings is 2. The average Bonchev–Trinajstić information content (AvgIpc) is 3.13. The topological polar surface area (TPSA) is 82.7 Å². The number of aryl methyl sites for hydroxylation is 1. The molecule has 140 valence electrons. The zero-order valence-electron chi connectivity index (χ0n) is 15.6. The predicted molar refractivity (Wildman–Crippen MR) is 112 cm³/mol. The lowest BCUT2D eigenvalue weighted by Crippen LogP contribution is -2.16. The molecule has 0 aliphatic carbocycles. The van der Waals surface area contributed by atoms with E-state index in [4.69, 9.17) is 0 Å². The van der Waals surface area contributed by atoms with E-state index in [9.17, 15) is 4.79 Å². The summed E-state index contributed by atoms with van der Waals surface area (Å²) in [5.41, 5.74) is 4.56. The van der Waals surface area contributed by atoms with Crippen LogP contribution < -0.4 is 10.6 Å². The van der Waals surface area contributed by atoms with Crippen LogP contribution in [0.25, 0.3) is 10.9 Å². The molecule has 4 aromatic rings. The van der Waals surface area contributed by atoms with Crippen molar-refractivity contribution in [3.63, 3.8) is 0 Å². The molecule has 0 unspecified atom stereocenters. The second kappa shape index (κ2) is 7.92. The molecule has 4 rings (SSSR count). The Morgan fingerprint density at radius 1 is 1.07 bits per heavy atom. The minimum absolute atomic E-state index is 0.258. The molecule has 0 saturated carbocycles. The quantitative estimate of drug-likeness (QED) is 0.475. The van der Waals surface area contributed by atoms with Crippen LogP contribution in [0.5, 0.6) is 0 Å². The summed E-state index contributed by atoms with van der Waals surface area (Å²) in [6.45, 7) is 2.68. The molecule has 0 aliphatic rings. The Morgan fingerprint density at radius 2 is 1.89 bits per heavy atom. The fourth-order valence-electron chi connectivity index (χ4n) is 3.05. The number of nitrogens with one attached hydrogen (secondary N) is 3. The van der Waals surface area contributed by atoms with Gasteiger partial charge in [0.25, 0.3) is 5.91 Å². The molecule has 0 radical (unpaired) electrons. The SMILES string of the molecule is Cc1ccc(NC(=O)c2ccnc(NCCc3c[nH]c4ccccc34)n2)cc1. The number of amides is 1. The smallest absolute Gasteiger partial charge is 0.274 e. The fraction of sp³-hybridized carbons (Fsp3) is 0.136. The van der Waals surface area contributed by atoms with E-state index >= 15 is 0 Å². The summed E-state index contributed by atoms with van der Waals surface area (Å²) in [5.74, 6) is 0.183. The van der Waals surface area contributed by atoms with Crippen LogP contribution in [0.2, 0.25) is 0 Å². The van der Waals surface area contributed by atoms with Crippen molar-refractivity contribution in [3.05, 3.63) is 83.8 Å². The number of hydrogen-bond donors (Lipinski definition) is 3. The summed E-state index contributed by atoms with van der Waals surface area (Å²) in [6, 6.07) is 17.5. The van der Waals surface area contributed by atoms with Crippen molar-refractivity contribution >= 4 is 28.4 Å².